The Balaban J connectivity index is 2.02. The molecule has 0 aliphatic rings. The van der Waals surface area contributed by atoms with Crippen molar-refractivity contribution in [3.05, 3.63) is 73.3 Å². The maximum Gasteiger partial charge on any atom is 0.331 e. The molecule has 6 nitrogen and oxygen atoms in total. The molecule has 0 aliphatic carbocycles. The lowest BCUT2D eigenvalue weighted by atomic mass is 10.2. The average molecular weight is 430 g/mol. The van der Waals surface area contributed by atoms with E-state index in [2.05, 4.69) is 21.2 Å². The van der Waals surface area contributed by atoms with Crippen molar-refractivity contribution in [2.75, 3.05) is 5.32 Å². The smallest absolute Gasteiger partial charge is 0.324 e. The molecule has 1 amide bonds. The van der Waals surface area contributed by atoms with Crippen LogP contribution in [-0.2, 0) is 17.9 Å². The molecule has 1 aromatic heterocycles. The monoisotopic (exact) mass is 429 g/mol. The molecule has 0 bridgehead atoms. The van der Waals surface area contributed by atoms with Crippen molar-refractivity contribution >= 4 is 38.4 Å². The highest BCUT2D eigenvalue weighted by molar-refractivity contribution is 9.10. The molecular formula is C20H20BrN3O3. The molecule has 0 unspecified atom stereocenters. The van der Waals surface area contributed by atoms with Gasteiger partial charge in [-0.15, -0.1) is 0 Å². The lowest BCUT2D eigenvalue weighted by molar-refractivity contribution is -0.116. The van der Waals surface area contributed by atoms with Crippen LogP contribution < -0.4 is 16.6 Å². The molecular weight excluding hydrogens is 410 g/mol. The minimum Gasteiger partial charge on any atom is -0.324 e. The van der Waals surface area contributed by atoms with Gasteiger partial charge in [0, 0.05) is 16.7 Å². The summed E-state index contributed by atoms with van der Waals surface area (Å²) >= 11 is 3.39. The van der Waals surface area contributed by atoms with Crippen molar-refractivity contribution in [2.24, 2.45) is 0 Å². The number of nitrogens with one attached hydrogen (secondary N) is 1. The summed E-state index contributed by atoms with van der Waals surface area (Å²) in [5.74, 6) is -0.325. The van der Waals surface area contributed by atoms with Gasteiger partial charge in [-0.3, -0.25) is 18.7 Å². The number of aryl methyl sites for hydroxylation is 1. The first kappa shape index (κ1) is 19.1. The van der Waals surface area contributed by atoms with Crippen LogP contribution in [0.3, 0.4) is 0 Å². The molecule has 0 saturated carbocycles. The topological polar surface area (TPSA) is 73.1 Å². The van der Waals surface area contributed by atoms with E-state index in [1.807, 2.05) is 26.0 Å². The SMILES string of the molecule is CCCn1c(=O)c2ccccc2n(CC(=O)Nc2ccc(Br)cc2C)c1=O. The maximum absolute atomic E-state index is 12.8. The Morgan fingerprint density at radius 1 is 1.11 bits per heavy atom. The molecule has 0 aliphatic heterocycles. The van der Waals surface area contributed by atoms with Crippen LogP contribution in [0, 0.1) is 6.92 Å². The van der Waals surface area contributed by atoms with E-state index in [4.69, 9.17) is 0 Å². The Morgan fingerprint density at radius 3 is 2.56 bits per heavy atom. The molecule has 7 heteroatoms. The van der Waals surface area contributed by atoms with Gasteiger partial charge in [0.2, 0.25) is 5.91 Å². The molecule has 27 heavy (non-hydrogen) atoms. The highest BCUT2D eigenvalue weighted by Crippen LogP contribution is 2.20. The molecule has 140 valence electrons. The molecule has 0 spiro atoms. The fourth-order valence-electron chi connectivity index (χ4n) is 3.05. The Labute approximate surface area is 164 Å². The van der Waals surface area contributed by atoms with E-state index in [1.165, 1.54) is 9.13 Å². The van der Waals surface area contributed by atoms with Crippen molar-refractivity contribution in [2.45, 2.75) is 33.4 Å². The van der Waals surface area contributed by atoms with E-state index in [9.17, 15) is 14.4 Å². The minimum absolute atomic E-state index is 0.168. The van der Waals surface area contributed by atoms with Crippen LogP contribution in [0.2, 0.25) is 0 Å². The Hall–Kier alpha value is -2.67. The zero-order valence-electron chi connectivity index (χ0n) is 15.2. The van der Waals surface area contributed by atoms with Gasteiger partial charge in [0.05, 0.1) is 10.9 Å². The molecule has 2 aromatic carbocycles. The third-order valence-corrected chi connectivity index (χ3v) is 4.84. The van der Waals surface area contributed by atoms with Gasteiger partial charge >= 0.3 is 5.69 Å². The van der Waals surface area contributed by atoms with Gasteiger partial charge in [-0.25, -0.2) is 4.79 Å². The van der Waals surface area contributed by atoms with Gasteiger partial charge in [0.25, 0.3) is 5.56 Å². The van der Waals surface area contributed by atoms with Crippen molar-refractivity contribution in [3.8, 4) is 0 Å². The van der Waals surface area contributed by atoms with Crippen LogP contribution in [0.4, 0.5) is 5.69 Å². The number of rotatable bonds is 5. The van der Waals surface area contributed by atoms with Gasteiger partial charge in [-0.05, 0) is 49.2 Å². The predicted octanol–water partition coefficient (Wildman–Crippen LogP) is 3.28. The second-order valence-corrected chi connectivity index (χ2v) is 7.27. The predicted molar refractivity (Wildman–Crippen MR) is 110 cm³/mol. The van der Waals surface area contributed by atoms with Crippen molar-refractivity contribution in [1.29, 1.82) is 0 Å². The summed E-state index contributed by atoms with van der Waals surface area (Å²) < 4.78 is 3.48. The zero-order valence-corrected chi connectivity index (χ0v) is 16.7. The lowest BCUT2D eigenvalue weighted by Gasteiger charge is -2.14. The van der Waals surface area contributed by atoms with Crippen LogP contribution in [0.5, 0.6) is 0 Å². The fraction of sp³-hybridized carbons (Fsp3) is 0.250. The molecule has 0 radical (unpaired) electrons. The Bertz CT molecular complexity index is 1130. The first-order chi connectivity index (χ1) is 12.9. The zero-order chi connectivity index (χ0) is 19.6. The Kier molecular flexibility index (Phi) is 5.60. The summed E-state index contributed by atoms with van der Waals surface area (Å²) in [6.45, 7) is 3.94. The second kappa shape index (κ2) is 7.92. The number of benzene rings is 2. The van der Waals surface area contributed by atoms with Gasteiger partial charge < -0.3 is 5.32 Å². The van der Waals surface area contributed by atoms with E-state index < -0.39 is 5.69 Å². The minimum atomic E-state index is -0.469. The van der Waals surface area contributed by atoms with Crippen LogP contribution in [0.25, 0.3) is 10.9 Å². The van der Waals surface area contributed by atoms with Crippen LogP contribution in [0.15, 0.2) is 56.5 Å². The van der Waals surface area contributed by atoms with E-state index in [0.717, 1.165) is 10.0 Å². The van der Waals surface area contributed by atoms with Crippen molar-refractivity contribution in [3.63, 3.8) is 0 Å². The van der Waals surface area contributed by atoms with E-state index in [-0.39, 0.29) is 18.0 Å². The fourth-order valence-corrected chi connectivity index (χ4v) is 3.52. The molecule has 3 aromatic rings. The first-order valence-electron chi connectivity index (χ1n) is 8.70. The number of anilines is 1. The molecule has 0 saturated heterocycles. The van der Waals surface area contributed by atoms with Crippen molar-refractivity contribution < 1.29 is 4.79 Å². The number of hydrogen-bond acceptors (Lipinski definition) is 3. The van der Waals surface area contributed by atoms with Crippen molar-refractivity contribution in [1.82, 2.24) is 9.13 Å². The molecule has 0 fully saturated rings. The van der Waals surface area contributed by atoms with Gasteiger partial charge in [0.15, 0.2) is 0 Å². The normalized spacial score (nSPS) is 10.9. The van der Waals surface area contributed by atoms with E-state index in [1.54, 1.807) is 30.3 Å². The van der Waals surface area contributed by atoms with Crippen LogP contribution in [-0.4, -0.2) is 15.0 Å². The quantitative estimate of drug-likeness (QED) is 0.675. The van der Waals surface area contributed by atoms with Crippen LogP contribution in [0.1, 0.15) is 18.9 Å². The third kappa shape index (κ3) is 3.88. The summed E-state index contributed by atoms with van der Waals surface area (Å²) in [6, 6.07) is 12.4. The number of fused-ring (bicyclic) bond motifs is 1. The molecule has 1 heterocycles. The highest BCUT2D eigenvalue weighted by atomic mass is 79.9. The molecule has 3 rings (SSSR count). The number of carbonyl (C=O) groups is 1. The third-order valence-electron chi connectivity index (χ3n) is 4.34. The number of amides is 1. The summed E-state index contributed by atoms with van der Waals surface area (Å²) in [4.78, 5) is 38.0. The first-order valence-corrected chi connectivity index (χ1v) is 9.50. The largest absolute Gasteiger partial charge is 0.331 e. The lowest BCUT2D eigenvalue weighted by Crippen LogP contribution is -2.41. The Morgan fingerprint density at radius 2 is 1.85 bits per heavy atom. The van der Waals surface area contributed by atoms with Gasteiger partial charge in [-0.2, -0.15) is 0 Å². The maximum atomic E-state index is 12.8. The van der Waals surface area contributed by atoms with Gasteiger partial charge in [0.1, 0.15) is 6.54 Å². The van der Waals surface area contributed by atoms with Gasteiger partial charge in [-0.1, -0.05) is 35.0 Å². The summed E-state index contributed by atoms with van der Waals surface area (Å²) in [5.41, 5.74) is 1.26. The number of aromatic nitrogens is 2. The summed E-state index contributed by atoms with van der Waals surface area (Å²) in [7, 11) is 0. The van der Waals surface area contributed by atoms with E-state index in [0.29, 0.717) is 29.6 Å². The second-order valence-electron chi connectivity index (χ2n) is 6.35. The standard InChI is InChI=1S/C20H20BrN3O3/c1-3-10-23-19(26)15-6-4-5-7-17(15)24(20(23)27)12-18(25)22-16-9-8-14(21)11-13(16)2/h4-9,11H,3,10,12H2,1-2H3,(H,22,25). The summed E-state index contributed by atoms with van der Waals surface area (Å²) in [5, 5.41) is 3.27. The number of nitrogens with zero attached hydrogens (tertiary/aromatic N) is 2. The summed E-state index contributed by atoms with van der Waals surface area (Å²) in [6.07, 6.45) is 0.651. The average Bonchev–Trinajstić information content (AvgIpc) is 2.64. The number of halogens is 1. The number of para-hydroxylation sites is 1. The molecule has 0 atom stereocenters. The van der Waals surface area contributed by atoms with Crippen LogP contribution >= 0.6 is 15.9 Å². The number of carbonyl (C=O) groups excluding carboxylic acids is 1. The van der Waals surface area contributed by atoms with E-state index >= 15 is 0 Å². The highest BCUT2D eigenvalue weighted by Gasteiger charge is 2.15. The number of hydrogen-bond donors (Lipinski definition) is 1. The molecule has 1 N–H and O–H groups in total.